The minimum atomic E-state index is -0.501. The molecule has 0 atom stereocenters. The molecule has 0 saturated heterocycles. The van der Waals surface area contributed by atoms with Crippen LogP contribution in [0.3, 0.4) is 0 Å². The molecule has 102 valence electrons. The van der Waals surface area contributed by atoms with Gasteiger partial charge in [-0.2, -0.15) is 0 Å². The van der Waals surface area contributed by atoms with Gasteiger partial charge < -0.3 is 4.74 Å². The van der Waals surface area contributed by atoms with Gasteiger partial charge in [0.1, 0.15) is 5.60 Å². The summed E-state index contributed by atoms with van der Waals surface area (Å²) in [4.78, 5) is 25.1. The van der Waals surface area contributed by atoms with Crippen LogP contribution in [-0.2, 0) is 11.2 Å². The van der Waals surface area contributed by atoms with Crippen molar-refractivity contribution in [2.24, 2.45) is 0 Å². The Hall–Kier alpha value is -1.84. The monoisotopic (exact) mass is 261 g/mol. The van der Waals surface area contributed by atoms with Gasteiger partial charge in [0.15, 0.2) is 5.78 Å². The van der Waals surface area contributed by atoms with Gasteiger partial charge >= 0.3 is 6.09 Å². The molecular weight excluding hydrogens is 242 g/mol. The van der Waals surface area contributed by atoms with Crippen molar-refractivity contribution < 1.29 is 14.3 Å². The molecule has 0 radical (unpaired) electrons. The molecule has 0 fully saturated rings. The standard InChI is InChI=1S/C15H19NO3/c1-10(17)11-5-6-13-12(9-11)7-8-16(13)14(18)19-15(2,3)4/h5-6,9H,7-8H2,1-4H3. The van der Waals surface area contributed by atoms with Crippen LogP contribution in [0.15, 0.2) is 18.2 Å². The van der Waals surface area contributed by atoms with Crippen LogP contribution in [0.5, 0.6) is 0 Å². The highest BCUT2D eigenvalue weighted by Crippen LogP contribution is 2.30. The maximum atomic E-state index is 12.1. The highest BCUT2D eigenvalue weighted by Gasteiger charge is 2.29. The van der Waals surface area contributed by atoms with Gasteiger partial charge in [0.2, 0.25) is 0 Å². The number of carbonyl (C=O) groups excluding carboxylic acids is 2. The number of amides is 1. The summed E-state index contributed by atoms with van der Waals surface area (Å²) in [6.45, 7) is 7.69. The lowest BCUT2D eigenvalue weighted by Gasteiger charge is -2.24. The number of hydrogen-bond donors (Lipinski definition) is 0. The fourth-order valence-corrected chi connectivity index (χ4v) is 2.13. The minimum absolute atomic E-state index is 0.0403. The van der Waals surface area contributed by atoms with Gasteiger partial charge in [-0.15, -0.1) is 0 Å². The maximum Gasteiger partial charge on any atom is 0.414 e. The average Bonchev–Trinajstić information content (AvgIpc) is 2.68. The van der Waals surface area contributed by atoms with Gasteiger partial charge in [-0.25, -0.2) is 4.79 Å². The molecule has 0 N–H and O–H groups in total. The molecule has 0 unspecified atom stereocenters. The van der Waals surface area contributed by atoms with Crippen molar-refractivity contribution in [2.45, 2.75) is 39.7 Å². The number of benzene rings is 1. The zero-order valence-electron chi connectivity index (χ0n) is 11.8. The Morgan fingerprint density at radius 3 is 2.53 bits per heavy atom. The van der Waals surface area contributed by atoms with E-state index < -0.39 is 5.60 Å². The van der Waals surface area contributed by atoms with E-state index in [0.29, 0.717) is 12.1 Å². The molecule has 1 heterocycles. The van der Waals surface area contributed by atoms with Crippen LogP contribution >= 0.6 is 0 Å². The van der Waals surface area contributed by atoms with Gasteiger partial charge in [0, 0.05) is 12.1 Å². The quantitative estimate of drug-likeness (QED) is 0.729. The summed E-state index contributed by atoms with van der Waals surface area (Å²) in [6.07, 6.45) is 0.428. The van der Waals surface area contributed by atoms with E-state index in [9.17, 15) is 9.59 Å². The van der Waals surface area contributed by atoms with Crippen LogP contribution < -0.4 is 4.90 Å². The predicted molar refractivity (Wildman–Crippen MR) is 73.7 cm³/mol. The number of nitrogens with zero attached hydrogens (tertiary/aromatic N) is 1. The summed E-state index contributed by atoms with van der Waals surface area (Å²) in [5.41, 5.74) is 2.06. The smallest absolute Gasteiger partial charge is 0.414 e. The van der Waals surface area contributed by atoms with Crippen LogP contribution in [0.1, 0.15) is 43.6 Å². The number of ketones is 1. The maximum absolute atomic E-state index is 12.1. The van der Waals surface area contributed by atoms with Crippen molar-refractivity contribution in [3.05, 3.63) is 29.3 Å². The van der Waals surface area contributed by atoms with Crippen LogP contribution in [-0.4, -0.2) is 24.0 Å². The summed E-state index contributed by atoms with van der Waals surface area (Å²) >= 11 is 0. The first-order valence-corrected chi connectivity index (χ1v) is 6.42. The number of Topliss-reactive ketones (excluding diaryl/α,β-unsaturated/α-hetero) is 1. The molecule has 2 rings (SSSR count). The van der Waals surface area contributed by atoms with E-state index in [4.69, 9.17) is 4.74 Å². The molecule has 1 aliphatic heterocycles. The van der Waals surface area contributed by atoms with E-state index in [-0.39, 0.29) is 11.9 Å². The van der Waals surface area contributed by atoms with Crippen molar-refractivity contribution in [1.29, 1.82) is 0 Å². The summed E-state index contributed by atoms with van der Waals surface area (Å²) < 4.78 is 5.38. The average molecular weight is 261 g/mol. The second-order valence-corrected chi connectivity index (χ2v) is 5.78. The molecular formula is C15H19NO3. The first-order chi connectivity index (χ1) is 8.78. The van der Waals surface area contributed by atoms with E-state index in [1.54, 1.807) is 17.9 Å². The Balaban J connectivity index is 2.23. The lowest BCUT2D eigenvalue weighted by atomic mass is 10.1. The van der Waals surface area contributed by atoms with Gasteiger partial charge in [-0.1, -0.05) is 0 Å². The molecule has 4 nitrogen and oxygen atoms in total. The number of carbonyl (C=O) groups is 2. The molecule has 1 aromatic carbocycles. The molecule has 19 heavy (non-hydrogen) atoms. The van der Waals surface area contributed by atoms with E-state index in [1.807, 2.05) is 32.9 Å². The highest BCUT2D eigenvalue weighted by molar-refractivity contribution is 5.96. The first kappa shape index (κ1) is 13.6. The van der Waals surface area contributed by atoms with Crippen molar-refractivity contribution in [1.82, 2.24) is 0 Å². The summed E-state index contributed by atoms with van der Waals surface area (Å²) in [6, 6.07) is 5.44. The third kappa shape index (κ3) is 2.95. The van der Waals surface area contributed by atoms with Crippen molar-refractivity contribution in [3.63, 3.8) is 0 Å². The van der Waals surface area contributed by atoms with Gasteiger partial charge in [-0.3, -0.25) is 9.69 Å². The molecule has 0 aliphatic carbocycles. The van der Waals surface area contributed by atoms with E-state index in [1.165, 1.54) is 0 Å². The van der Waals surface area contributed by atoms with Gasteiger partial charge in [0.05, 0.1) is 5.69 Å². The van der Waals surface area contributed by atoms with Crippen LogP contribution in [0.2, 0.25) is 0 Å². The van der Waals surface area contributed by atoms with Gasteiger partial charge in [-0.05, 0) is 57.9 Å². The van der Waals surface area contributed by atoms with E-state index in [0.717, 1.165) is 17.7 Å². The Morgan fingerprint density at radius 2 is 1.95 bits per heavy atom. The number of hydrogen-bond acceptors (Lipinski definition) is 3. The number of fused-ring (bicyclic) bond motifs is 1. The summed E-state index contributed by atoms with van der Waals surface area (Å²) in [5, 5.41) is 0. The largest absolute Gasteiger partial charge is 0.443 e. The normalized spacial score (nSPS) is 14.2. The summed E-state index contributed by atoms with van der Waals surface area (Å²) in [7, 11) is 0. The Morgan fingerprint density at radius 1 is 1.26 bits per heavy atom. The molecule has 0 bridgehead atoms. The van der Waals surface area contributed by atoms with E-state index >= 15 is 0 Å². The van der Waals surface area contributed by atoms with Crippen LogP contribution in [0.4, 0.5) is 10.5 Å². The minimum Gasteiger partial charge on any atom is -0.443 e. The summed E-state index contributed by atoms with van der Waals surface area (Å²) in [5.74, 6) is 0.0403. The first-order valence-electron chi connectivity index (χ1n) is 6.42. The molecule has 1 aliphatic rings. The molecule has 1 aromatic rings. The zero-order chi connectivity index (χ0) is 14.2. The van der Waals surface area contributed by atoms with Gasteiger partial charge in [0.25, 0.3) is 0 Å². The molecule has 0 saturated carbocycles. The third-order valence-electron chi connectivity index (χ3n) is 3.00. The number of anilines is 1. The fourth-order valence-electron chi connectivity index (χ4n) is 2.13. The predicted octanol–water partition coefficient (Wildman–Crippen LogP) is 3.19. The molecule has 0 aromatic heterocycles. The molecule has 1 amide bonds. The number of ether oxygens (including phenoxy) is 1. The second kappa shape index (κ2) is 4.68. The Bertz CT molecular complexity index is 529. The number of rotatable bonds is 1. The van der Waals surface area contributed by atoms with Crippen molar-refractivity contribution >= 4 is 17.6 Å². The zero-order valence-corrected chi connectivity index (χ0v) is 11.8. The van der Waals surface area contributed by atoms with Crippen molar-refractivity contribution in [3.8, 4) is 0 Å². The third-order valence-corrected chi connectivity index (χ3v) is 3.00. The SMILES string of the molecule is CC(=O)c1ccc2c(c1)CCN2C(=O)OC(C)(C)C. The fraction of sp³-hybridized carbons (Fsp3) is 0.467. The highest BCUT2D eigenvalue weighted by atomic mass is 16.6. The molecule has 4 heteroatoms. The molecule has 0 spiro atoms. The lowest BCUT2D eigenvalue weighted by Crippen LogP contribution is -2.35. The topological polar surface area (TPSA) is 46.6 Å². The van der Waals surface area contributed by atoms with Crippen molar-refractivity contribution in [2.75, 3.05) is 11.4 Å². The van der Waals surface area contributed by atoms with Crippen LogP contribution in [0.25, 0.3) is 0 Å². The lowest BCUT2D eigenvalue weighted by molar-refractivity contribution is 0.0584. The second-order valence-electron chi connectivity index (χ2n) is 5.78. The van der Waals surface area contributed by atoms with Crippen LogP contribution in [0, 0.1) is 0 Å². The van der Waals surface area contributed by atoms with E-state index in [2.05, 4.69) is 0 Å². The Labute approximate surface area is 113 Å². The Kier molecular flexibility index (Phi) is 3.35.